The molecule has 2 aromatic carbocycles. The van der Waals surface area contributed by atoms with E-state index in [1.807, 2.05) is 0 Å². The van der Waals surface area contributed by atoms with Crippen LogP contribution in [0, 0.1) is 11.6 Å². The van der Waals surface area contributed by atoms with Crippen molar-refractivity contribution in [2.45, 2.75) is 18.8 Å². The molecule has 0 spiro atoms. The van der Waals surface area contributed by atoms with Crippen LogP contribution in [0.4, 0.5) is 8.78 Å². The first kappa shape index (κ1) is 18.2. The number of fused-ring (bicyclic) bond motifs is 1. The van der Waals surface area contributed by atoms with Crippen molar-refractivity contribution >= 4 is 16.8 Å². The third-order valence-electron chi connectivity index (χ3n) is 4.67. The van der Waals surface area contributed by atoms with Crippen LogP contribution in [0.2, 0.25) is 0 Å². The van der Waals surface area contributed by atoms with Crippen LogP contribution >= 0.6 is 0 Å². The van der Waals surface area contributed by atoms with E-state index in [1.165, 1.54) is 42.5 Å². The van der Waals surface area contributed by atoms with E-state index in [2.05, 4.69) is 10.4 Å². The lowest BCUT2D eigenvalue weighted by Crippen LogP contribution is -2.38. The molecule has 1 unspecified atom stereocenters. The van der Waals surface area contributed by atoms with Gasteiger partial charge in [0, 0.05) is 18.6 Å². The van der Waals surface area contributed by atoms with Crippen molar-refractivity contribution in [2.75, 3.05) is 18.6 Å². The number of ether oxygens (including phenoxy) is 1. The third kappa shape index (κ3) is 3.63. The molecule has 2 heterocycles. The minimum absolute atomic E-state index is 0.0330. The lowest BCUT2D eigenvalue weighted by atomic mass is 10.1. The van der Waals surface area contributed by atoms with Crippen molar-refractivity contribution in [3.8, 4) is 0 Å². The summed E-state index contributed by atoms with van der Waals surface area (Å²) in [5.41, 5.74) is 2.94. The first-order chi connectivity index (χ1) is 13.5. The molecule has 1 aliphatic heterocycles. The maximum absolute atomic E-state index is 13.6. The summed E-state index contributed by atoms with van der Waals surface area (Å²) in [4.78, 5) is 29.9. The van der Waals surface area contributed by atoms with E-state index < -0.39 is 23.1 Å². The number of aromatic nitrogens is 2. The molecule has 1 aliphatic rings. The molecule has 3 aromatic rings. The van der Waals surface area contributed by atoms with Crippen molar-refractivity contribution in [3.05, 3.63) is 75.8 Å². The monoisotopic (exact) mass is 385 g/mol. The summed E-state index contributed by atoms with van der Waals surface area (Å²) in [7, 11) is 0. The number of carbonyl (C=O) groups is 1. The molecule has 0 radical (unpaired) electrons. The standard InChI is InChI=1S/C20H17F2N3O3/c21-14-3-1-12(2-4-14)9-18(26)24-25-19(13-7-8-28-11-13)23-17-10-15(22)5-6-16(17)20(25)27/h1-6,10,13H,7-9,11H2,(H,24,26). The van der Waals surface area contributed by atoms with Gasteiger partial charge < -0.3 is 4.74 Å². The summed E-state index contributed by atoms with van der Waals surface area (Å²) in [5, 5.41) is 0.200. The lowest BCUT2D eigenvalue weighted by Gasteiger charge is -2.17. The van der Waals surface area contributed by atoms with Gasteiger partial charge in [-0.25, -0.2) is 18.4 Å². The van der Waals surface area contributed by atoms with Gasteiger partial charge in [-0.05, 0) is 36.2 Å². The fourth-order valence-electron chi connectivity index (χ4n) is 3.25. The van der Waals surface area contributed by atoms with Gasteiger partial charge in [0.2, 0.25) is 5.91 Å². The summed E-state index contributed by atoms with van der Waals surface area (Å²) >= 11 is 0. The van der Waals surface area contributed by atoms with E-state index in [-0.39, 0.29) is 23.2 Å². The number of hydrogen-bond donors (Lipinski definition) is 1. The number of halogens is 2. The Hall–Kier alpha value is -3.13. The van der Waals surface area contributed by atoms with E-state index in [1.54, 1.807) is 0 Å². The summed E-state index contributed by atoms with van der Waals surface area (Å²) in [5.74, 6) is -1.20. The second kappa shape index (κ2) is 7.47. The summed E-state index contributed by atoms with van der Waals surface area (Å²) in [6.45, 7) is 0.881. The molecule has 144 valence electrons. The van der Waals surface area contributed by atoms with Gasteiger partial charge in [-0.2, -0.15) is 0 Å². The molecule has 1 fully saturated rings. The molecule has 6 nitrogen and oxygen atoms in total. The van der Waals surface area contributed by atoms with Crippen molar-refractivity contribution in [3.63, 3.8) is 0 Å². The second-order valence-corrected chi connectivity index (χ2v) is 6.67. The fraction of sp³-hybridized carbons (Fsp3) is 0.250. The highest BCUT2D eigenvalue weighted by Crippen LogP contribution is 2.24. The van der Waals surface area contributed by atoms with Gasteiger partial charge in [0.25, 0.3) is 5.56 Å². The van der Waals surface area contributed by atoms with Crippen LogP contribution in [0.3, 0.4) is 0 Å². The highest BCUT2D eigenvalue weighted by atomic mass is 19.1. The number of benzene rings is 2. The Morgan fingerprint density at radius 3 is 2.64 bits per heavy atom. The van der Waals surface area contributed by atoms with Crippen LogP contribution in [0.25, 0.3) is 10.9 Å². The van der Waals surface area contributed by atoms with E-state index in [4.69, 9.17) is 4.74 Å². The molecule has 1 atom stereocenters. The lowest BCUT2D eigenvalue weighted by molar-refractivity contribution is -0.116. The zero-order valence-electron chi connectivity index (χ0n) is 14.8. The largest absolute Gasteiger partial charge is 0.381 e. The smallest absolute Gasteiger partial charge is 0.280 e. The summed E-state index contributed by atoms with van der Waals surface area (Å²) in [6, 6.07) is 9.26. The Balaban J connectivity index is 1.71. The highest BCUT2D eigenvalue weighted by Gasteiger charge is 2.25. The number of amides is 1. The number of nitrogens with one attached hydrogen (secondary N) is 1. The number of rotatable bonds is 4. The summed E-state index contributed by atoms with van der Waals surface area (Å²) < 4.78 is 33.1. The predicted octanol–water partition coefficient (Wildman–Crippen LogP) is 2.49. The molecular weight excluding hydrogens is 368 g/mol. The van der Waals surface area contributed by atoms with Gasteiger partial charge >= 0.3 is 0 Å². The quantitative estimate of drug-likeness (QED) is 0.749. The van der Waals surface area contributed by atoms with Gasteiger partial charge in [0.15, 0.2) is 0 Å². The minimum Gasteiger partial charge on any atom is -0.381 e. The first-order valence-corrected chi connectivity index (χ1v) is 8.85. The average Bonchev–Trinajstić information content (AvgIpc) is 3.20. The van der Waals surface area contributed by atoms with E-state index >= 15 is 0 Å². The molecule has 0 bridgehead atoms. The molecule has 0 aliphatic carbocycles. The molecule has 1 amide bonds. The third-order valence-corrected chi connectivity index (χ3v) is 4.67. The Kier molecular flexibility index (Phi) is 4.87. The normalized spacial score (nSPS) is 16.4. The zero-order valence-corrected chi connectivity index (χ0v) is 14.8. The van der Waals surface area contributed by atoms with Crippen LogP contribution < -0.4 is 11.0 Å². The van der Waals surface area contributed by atoms with Crippen LogP contribution in [-0.4, -0.2) is 28.8 Å². The SMILES string of the molecule is O=C(Cc1ccc(F)cc1)Nn1c(C2CCOC2)nc2cc(F)ccc2c1=O. The number of carbonyl (C=O) groups excluding carboxylic acids is 1. The maximum Gasteiger partial charge on any atom is 0.280 e. The van der Waals surface area contributed by atoms with Crippen LogP contribution in [0.1, 0.15) is 23.7 Å². The van der Waals surface area contributed by atoms with E-state index in [9.17, 15) is 18.4 Å². The van der Waals surface area contributed by atoms with Crippen LogP contribution in [0.5, 0.6) is 0 Å². The van der Waals surface area contributed by atoms with Crippen molar-refractivity contribution in [1.82, 2.24) is 9.66 Å². The van der Waals surface area contributed by atoms with E-state index in [0.717, 1.165) is 4.68 Å². The molecule has 28 heavy (non-hydrogen) atoms. The minimum atomic E-state index is -0.494. The Morgan fingerprint density at radius 1 is 1.18 bits per heavy atom. The Morgan fingerprint density at radius 2 is 1.93 bits per heavy atom. The van der Waals surface area contributed by atoms with Crippen molar-refractivity contribution in [1.29, 1.82) is 0 Å². The second-order valence-electron chi connectivity index (χ2n) is 6.67. The Labute approximate surface area is 158 Å². The topological polar surface area (TPSA) is 73.2 Å². The van der Waals surface area contributed by atoms with Crippen molar-refractivity contribution in [2.24, 2.45) is 0 Å². The summed E-state index contributed by atoms with van der Waals surface area (Å²) in [6.07, 6.45) is 0.607. The van der Waals surface area contributed by atoms with E-state index in [0.29, 0.717) is 31.0 Å². The van der Waals surface area contributed by atoms with Gasteiger partial charge in [0.05, 0.1) is 23.9 Å². The average molecular weight is 385 g/mol. The van der Waals surface area contributed by atoms with Crippen LogP contribution in [-0.2, 0) is 16.0 Å². The predicted molar refractivity (Wildman–Crippen MR) is 98.6 cm³/mol. The van der Waals surface area contributed by atoms with Gasteiger partial charge in [-0.15, -0.1) is 0 Å². The maximum atomic E-state index is 13.6. The molecular formula is C20H17F2N3O3. The first-order valence-electron chi connectivity index (χ1n) is 8.85. The molecule has 8 heteroatoms. The fourth-order valence-corrected chi connectivity index (χ4v) is 3.25. The van der Waals surface area contributed by atoms with Gasteiger partial charge in [-0.3, -0.25) is 15.0 Å². The zero-order chi connectivity index (χ0) is 19.7. The molecule has 1 saturated heterocycles. The molecule has 0 saturated carbocycles. The Bertz CT molecular complexity index is 1090. The molecule has 4 rings (SSSR count). The van der Waals surface area contributed by atoms with Gasteiger partial charge in [-0.1, -0.05) is 12.1 Å². The molecule has 1 aromatic heterocycles. The number of hydrogen-bond acceptors (Lipinski definition) is 4. The molecule has 1 N–H and O–H groups in total. The van der Waals surface area contributed by atoms with Crippen molar-refractivity contribution < 1.29 is 18.3 Å². The highest BCUT2D eigenvalue weighted by molar-refractivity contribution is 5.86. The van der Waals surface area contributed by atoms with Crippen LogP contribution in [0.15, 0.2) is 47.3 Å². The number of nitrogens with zero attached hydrogens (tertiary/aromatic N) is 2. The van der Waals surface area contributed by atoms with Gasteiger partial charge in [0.1, 0.15) is 17.5 Å².